The van der Waals surface area contributed by atoms with Crippen molar-refractivity contribution in [1.82, 2.24) is 5.32 Å². The number of carbonyl (C=O) groups excluding carboxylic acids is 1. The summed E-state index contributed by atoms with van der Waals surface area (Å²) in [6, 6.07) is 0.246. The fourth-order valence-electron chi connectivity index (χ4n) is 1.92. The van der Waals surface area contributed by atoms with E-state index in [4.69, 9.17) is 5.73 Å². The third-order valence-electron chi connectivity index (χ3n) is 3.13. The van der Waals surface area contributed by atoms with Crippen LogP contribution in [0.5, 0.6) is 0 Å². The van der Waals surface area contributed by atoms with Crippen LogP contribution in [0.25, 0.3) is 0 Å². The molecular formula is C13H26N2OS2. The van der Waals surface area contributed by atoms with Crippen molar-refractivity contribution in [3.63, 3.8) is 0 Å². The topological polar surface area (TPSA) is 55.1 Å². The van der Waals surface area contributed by atoms with Gasteiger partial charge in [-0.2, -0.15) is 23.5 Å². The van der Waals surface area contributed by atoms with Gasteiger partial charge in [0.2, 0.25) is 5.91 Å². The molecule has 5 heteroatoms. The molecule has 3 nitrogen and oxygen atoms in total. The molecule has 1 aliphatic heterocycles. The van der Waals surface area contributed by atoms with Crippen LogP contribution in [-0.2, 0) is 4.79 Å². The highest BCUT2D eigenvalue weighted by atomic mass is 32.2. The quantitative estimate of drug-likeness (QED) is 0.754. The van der Waals surface area contributed by atoms with E-state index >= 15 is 0 Å². The Balaban J connectivity index is 2.10. The Morgan fingerprint density at radius 2 is 2.17 bits per heavy atom. The van der Waals surface area contributed by atoms with Gasteiger partial charge >= 0.3 is 0 Å². The fraction of sp³-hybridized carbons (Fsp3) is 0.923. The summed E-state index contributed by atoms with van der Waals surface area (Å²) in [4.78, 5) is 11.9. The van der Waals surface area contributed by atoms with E-state index in [1.807, 2.05) is 37.4 Å². The van der Waals surface area contributed by atoms with Crippen LogP contribution in [-0.4, -0.2) is 41.0 Å². The number of hydrogen-bond donors (Lipinski definition) is 2. The van der Waals surface area contributed by atoms with Gasteiger partial charge < -0.3 is 11.1 Å². The predicted molar refractivity (Wildman–Crippen MR) is 83.2 cm³/mol. The summed E-state index contributed by atoms with van der Waals surface area (Å²) in [7, 11) is 0. The highest BCUT2D eigenvalue weighted by Gasteiger charge is 2.17. The van der Waals surface area contributed by atoms with Crippen molar-refractivity contribution >= 4 is 29.4 Å². The molecule has 1 heterocycles. The summed E-state index contributed by atoms with van der Waals surface area (Å²) in [5.74, 6) is 3.96. The van der Waals surface area contributed by atoms with Gasteiger partial charge in [0, 0.05) is 41.0 Å². The first-order valence-electron chi connectivity index (χ1n) is 6.82. The average molecular weight is 290 g/mol. The van der Waals surface area contributed by atoms with Gasteiger partial charge in [0.15, 0.2) is 0 Å². The third-order valence-corrected chi connectivity index (χ3v) is 5.98. The van der Waals surface area contributed by atoms with Crippen LogP contribution < -0.4 is 11.1 Å². The minimum Gasteiger partial charge on any atom is -0.355 e. The van der Waals surface area contributed by atoms with Crippen LogP contribution in [0.3, 0.4) is 0 Å². The molecule has 0 aromatic heterocycles. The van der Waals surface area contributed by atoms with Crippen molar-refractivity contribution in [2.45, 2.75) is 44.4 Å². The second-order valence-electron chi connectivity index (χ2n) is 5.12. The van der Waals surface area contributed by atoms with E-state index in [0.717, 1.165) is 25.8 Å². The first-order valence-corrected chi connectivity index (χ1v) is 9.02. The summed E-state index contributed by atoms with van der Waals surface area (Å²) in [5, 5.41) is 3.69. The Bertz CT molecular complexity index is 243. The van der Waals surface area contributed by atoms with Crippen molar-refractivity contribution in [3.8, 4) is 0 Å². The van der Waals surface area contributed by atoms with Gasteiger partial charge in [0.05, 0.1) is 0 Å². The first-order chi connectivity index (χ1) is 8.59. The van der Waals surface area contributed by atoms with Crippen LogP contribution in [0.2, 0.25) is 0 Å². The molecule has 18 heavy (non-hydrogen) atoms. The largest absolute Gasteiger partial charge is 0.355 e. The molecule has 106 valence electrons. The van der Waals surface area contributed by atoms with Crippen LogP contribution in [0, 0.1) is 5.92 Å². The number of amides is 1. The zero-order valence-corrected chi connectivity index (χ0v) is 13.1. The highest BCUT2D eigenvalue weighted by Crippen LogP contribution is 2.23. The summed E-state index contributed by atoms with van der Waals surface area (Å²) < 4.78 is 0. The standard InChI is InChI=1S/C13H26N2OS2/c1-10(4-3-5-11(2)14)13(16)15-8-12-9-17-6-7-18-12/h10-12H,3-9,14H2,1-2H3,(H,15,16). The fourth-order valence-corrected chi connectivity index (χ4v) is 4.53. The van der Waals surface area contributed by atoms with Crippen molar-refractivity contribution in [2.75, 3.05) is 23.8 Å². The van der Waals surface area contributed by atoms with Crippen LogP contribution in [0.1, 0.15) is 33.1 Å². The number of hydrogen-bond acceptors (Lipinski definition) is 4. The van der Waals surface area contributed by atoms with Crippen LogP contribution in [0.15, 0.2) is 0 Å². The van der Waals surface area contributed by atoms with Crippen LogP contribution in [0.4, 0.5) is 0 Å². The lowest BCUT2D eigenvalue weighted by molar-refractivity contribution is -0.124. The van der Waals surface area contributed by atoms with Gasteiger partial charge in [-0.1, -0.05) is 13.3 Å². The molecule has 0 aliphatic carbocycles. The van der Waals surface area contributed by atoms with Gasteiger partial charge in [-0.3, -0.25) is 4.79 Å². The average Bonchev–Trinajstić information content (AvgIpc) is 2.36. The van der Waals surface area contributed by atoms with Gasteiger partial charge in [0.1, 0.15) is 0 Å². The third kappa shape index (κ3) is 6.90. The molecule has 0 saturated carbocycles. The second kappa shape index (κ2) is 9.10. The van der Waals surface area contributed by atoms with Crippen LogP contribution >= 0.6 is 23.5 Å². The molecule has 1 fully saturated rings. The second-order valence-corrected chi connectivity index (χ2v) is 7.68. The Morgan fingerprint density at radius 3 is 2.78 bits per heavy atom. The molecule has 3 atom stereocenters. The number of nitrogens with one attached hydrogen (secondary N) is 1. The molecule has 0 spiro atoms. The van der Waals surface area contributed by atoms with E-state index in [9.17, 15) is 4.79 Å². The molecule has 1 rings (SSSR count). The molecule has 0 aromatic rings. The smallest absolute Gasteiger partial charge is 0.222 e. The molecule has 3 N–H and O–H groups in total. The Labute approximate surface area is 119 Å². The lowest BCUT2D eigenvalue weighted by atomic mass is 10.0. The van der Waals surface area contributed by atoms with E-state index < -0.39 is 0 Å². The van der Waals surface area contributed by atoms with Crippen molar-refractivity contribution in [2.24, 2.45) is 11.7 Å². The summed E-state index contributed by atoms with van der Waals surface area (Å²) in [6.07, 6.45) is 2.99. The molecule has 0 radical (unpaired) electrons. The SMILES string of the molecule is CC(N)CCCC(C)C(=O)NCC1CSCCS1. The highest BCUT2D eigenvalue weighted by molar-refractivity contribution is 8.06. The summed E-state index contributed by atoms with van der Waals surface area (Å²) in [6.45, 7) is 4.86. The van der Waals surface area contributed by atoms with Gasteiger partial charge in [-0.15, -0.1) is 0 Å². The normalized spacial score (nSPS) is 23.4. The maximum absolute atomic E-state index is 11.9. The van der Waals surface area contributed by atoms with Crippen molar-refractivity contribution < 1.29 is 4.79 Å². The zero-order chi connectivity index (χ0) is 13.4. The Hall–Kier alpha value is 0.130. The zero-order valence-electron chi connectivity index (χ0n) is 11.5. The number of carbonyl (C=O) groups is 1. The molecule has 3 unspecified atom stereocenters. The summed E-state index contributed by atoms with van der Waals surface area (Å²) in [5.41, 5.74) is 5.71. The molecule has 0 aromatic carbocycles. The Morgan fingerprint density at radius 1 is 1.39 bits per heavy atom. The molecule has 1 aliphatic rings. The minimum absolute atomic E-state index is 0.116. The first kappa shape index (κ1) is 16.2. The molecular weight excluding hydrogens is 264 g/mol. The van der Waals surface area contributed by atoms with E-state index in [2.05, 4.69) is 5.32 Å². The monoisotopic (exact) mass is 290 g/mol. The van der Waals surface area contributed by atoms with E-state index in [1.165, 1.54) is 17.3 Å². The summed E-state index contributed by atoms with van der Waals surface area (Å²) >= 11 is 3.98. The van der Waals surface area contributed by atoms with Gasteiger partial charge in [-0.05, 0) is 19.8 Å². The Kier molecular flexibility index (Phi) is 8.18. The predicted octanol–water partition coefficient (Wildman–Crippen LogP) is 2.10. The lowest BCUT2D eigenvalue weighted by Gasteiger charge is -2.22. The number of thioether (sulfide) groups is 2. The van der Waals surface area contributed by atoms with Gasteiger partial charge in [0.25, 0.3) is 0 Å². The molecule has 1 saturated heterocycles. The van der Waals surface area contributed by atoms with E-state index in [-0.39, 0.29) is 17.9 Å². The minimum atomic E-state index is 0.116. The lowest BCUT2D eigenvalue weighted by Crippen LogP contribution is -2.36. The van der Waals surface area contributed by atoms with Crippen molar-refractivity contribution in [3.05, 3.63) is 0 Å². The van der Waals surface area contributed by atoms with E-state index in [0.29, 0.717) is 5.25 Å². The number of rotatable bonds is 7. The molecule has 0 bridgehead atoms. The maximum atomic E-state index is 11.9. The van der Waals surface area contributed by atoms with E-state index in [1.54, 1.807) is 0 Å². The van der Waals surface area contributed by atoms with Crippen molar-refractivity contribution in [1.29, 1.82) is 0 Å². The maximum Gasteiger partial charge on any atom is 0.222 e. The number of nitrogens with two attached hydrogens (primary N) is 1. The van der Waals surface area contributed by atoms with Gasteiger partial charge in [-0.25, -0.2) is 0 Å². The molecule has 1 amide bonds.